The zero-order valence-corrected chi connectivity index (χ0v) is 12.5. The van der Waals surface area contributed by atoms with Crippen molar-refractivity contribution in [1.29, 1.82) is 0 Å². The summed E-state index contributed by atoms with van der Waals surface area (Å²) >= 11 is 0. The maximum absolute atomic E-state index is 11.6. The summed E-state index contributed by atoms with van der Waals surface area (Å²) in [5, 5.41) is 9.53. The van der Waals surface area contributed by atoms with Crippen LogP contribution in [0.5, 0.6) is 0 Å². The van der Waals surface area contributed by atoms with E-state index in [9.17, 15) is 9.90 Å². The molecule has 1 aromatic rings. The molecule has 4 nitrogen and oxygen atoms in total. The van der Waals surface area contributed by atoms with Crippen LogP contribution in [0.15, 0.2) is 24.3 Å². The van der Waals surface area contributed by atoms with Crippen molar-refractivity contribution in [3.05, 3.63) is 35.4 Å². The van der Waals surface area contributed by atoms with Gasteiger partial charge in [0.05, 0.1) is 12.0 Å². The van der Waals surface area contributed by atoms with E-state index in [0.717, 1.165) is 37.8 Å². The average Bonchev–Trinajstić information content (AvgIpc) is 2.53. The van der Waals surface area contributed by atoms with E-state index in [-0.39, 0.29) is 0 Å². The molecule has 1 atom stereocenters. The van der Waals surface area contributed by atoms with Gasteiger partial charge in [-0.05, 0) is 36.8 Å². The van der Waals surface area contributed by atoms with Crippen molar-refractivity contribution in [3.8, 4) is 0 Å². The van der Waals surface area contributed by atoms with E-state index >= 15 is 0 Å². The summed E-state index contributed by atoms with van der Waals surface area (Å²) in [5.41, 5.74) is 2.16. The minimum Gasteiger partial charge on any atom is -0.481 e. The molecule has 1 aliphatic carbocycles. The largest absolute Gasteiger partial charge is 0.481 e. The molecule has 1 aliphatic heterocycles. The number of fused-ring (bicyclic) bond motifs is 1. The van der Waals surface area contributed by atoms with Crippen LogP contribution < -0.4 is 0 Å². The second-order valence-corrected chi connectivity index (χ2v) is 6.19. The second-order valence-electron chi connectivity index (χ2n) is 6.19. The Kier molecular flexibility index (Phi) is 4.27. The van der Waals surface area contributed by atoms with Crippen molar-refractivity contribution in [2.24, 2.45) is 0 Å². The number of carboxylic acid groups (broad SMARTS) is 1. The molecular formula is C17H23NO3. The lowest BCUT2D eigenvalue weighted by molar-refractivity contribution is -0.140. The Bertz CT molecular complexity index is 509. The van der Waals surface area contributed by atoms with Gasteiger partial charge < -0.3 is 9.84 Å². The van der Waals surface area contributed by atoms with E-state index < -0.39 is 11.9 Å². The zero-order chi connectivity index (χ0) is 14.8. The van der Waals surface area contributed by atoms with Gasteiger partial charge in [-0.1, -0.05) is 24.3 Å². The first-order valence-corrected chi connectivity index (χ1v) is 7.76. The van der Waals surface area contributed by atoms with Crippen LogP contribution in [-0.2, 0) is 16.1 Å². The van der Waals surface area contributed by atoms with Crippen LogP contribution in [0.2, 0.25) is 0 Å². The fraction of sp³-hybridized carbons (Fsp3) is 0.588. The summed E-state index contributed by atoms with van der Waals surface area (Å²) in [7, 11) is 1.78. The Labute approximate surface area is 125 Å². The Hall–Kier alpha value is -1.39. The third-order valence-corrected chi connectivity index (χ3v) is 5.01. The van der Waals surface area contributed by atoms with E-state index in [0.29, 0.717) is 18.7 Å². The highest BCUT2D eigenvalue weighted by Crippen LogP contribution is 2.33. The first kappa shape index (κ1) is 14.5. The van der Waals surface area contributed by atoms with Gasteiger partial charge in [0.2, 0.25) is 0 Å². The first-order valence-electron chi connectivity index (χ1n) is 7.76. The highest BCUT2D eigenvalue weighted by molar-refractivity contribution is 5.77. The molecule has 0 amide bonds. The van der Waals surface area contributed by atoms with Crippen LogP contribution in [0.25, 0.3) is 0 Å². The number of hydrogen-bond donors (Lipinski definition) is 1. The predicted molar refractivity (Wildman–Crippen MR) is 80.3 cm³/mol. The molecule has 4 heteroatoms. The molecule has 1 aromatic carbocycles. The standard InChI is InChI=1S/C17H23NO3/c1-21-14-8-6-13(7-9-14)18-10-12-4-2-3-5-15(12)16(11-18)17(19)20/h2-5,13-14,16H,6-11H2,1H3,(H,19,20). The number of benzene rings is 1. The van der Waals surface area contributed by atoms with E-state index in [1.165, 1.54) is 5.56 Å². The monoisotopic (exact) mass is 289 g/mol. The molecule has 21 heavy (non-hydrogen) atoms. The lowest BCUT2D eigenvalue weighted by atomic mass is 9.85. The maximum Gasteiger partial charge on any atom is 0.312 e. The lowest BCUT2D eigenvalue weighted by Gasteiger charge is -2.41. The molecule has 0 spiro atoms. The summed E-state index contributed by atoms with van der Waals surface area (Å²) in [6.45, 7) is 1.51. The van der Waals surface area contributed by atoms with Crippen LogP contribution >= 0.6 is 0 Å². The molecule has 3 rings (SSSR count). The van der Waals surface area contributed by atoms with Crippen LogP contribution in [0.3, 0.4) is 0 Å². The molecule has 0 bridgehead atoms. The summed E-state index contributed by atoms with van der Waals surface area (Å²) < 4.78 is 5.43. The van der Waals surface area contributed by atoms with Crippen molar-refractivity contribution in [2.45, 2.75) is 50.3 Å². The molecule has 0 saturated heterocycles. The van der Waals surface area contributed by atoms with E-state index in [4.69, 9.17) is 4.74 Å². The smallest absolute Gasteiger partial charge is 0.312 e. The van der Waals surface area contributed by atoms with E-state index in [2.05, 4.69) is 11.0 Å². The van der Waals surface area contributed by atoms with Crippen molar-refractivity contribution in [1.82, 2.24) is 4.90 Å². The van der Waals surface area contributed by atoms with Gasteiger partial charge in [-0.15, -0.1) is 0 Å². The van der Waals surface area contributed by atoms with E-state index in [1.807, 2.05) is 18.2 Å². The topological polar surface area (TPSA) is 49.8 Å². The molecular weight excluding hydrogens is 266 g/mol. The normalized spacial score (nSPS) is 29.9. The van der Waals surface area contributed by atoms with Gasteiger partial charge in [-0.25, -0.2) is 0 Å². The molecule has 1 unspecified atom stereocenters. The minimum absolute atomic E-state index is 0.383. The van der Waals surface area contributed by atoms with Gasteiger partial charge >= 0.3 is 5.97 Å². The number of nitrogens with zero attached hydrogens (tertiary/aromatic N) is 1. The van der Waals surface area contributed by atoms with Crippen molar-refractivity contribution >= 4 is 5.97 Å². The molecule has 0 aromatic heterocycles. The summed E-state index contributed by atoms with van der Waals surface area (Å²) in [6, 6.07) is 8.47. The third kappa shape index (κ3) is 2.97. The number of ether oxygens (including phenoxy) is 1. The van der Waals surface area contributed by atoms with Gasteiger partial charge in [0, 0.05) is 26.2 Å². The molecule has 0 radical (unpaired) electrons. The molecule has 1 saturated carbocycles. The highest BCUT2D eigenvalue weighted by atomic mass is 16.5. The van der Waals surface area contributed by atoms with E-state index in [1.54, 1.807) is 7.11 Å². The van der Waals surface area contributed by atoms with Crippen LogP contribution in [0.4, 0.5) is 0 Å². The summed E-state index contributed by atoms with van der Waals surface area (Å²) in [6.07, 6.45) is 4.75. The average molecular weight is 289 g/mol. The fourth-order valence-corrected chi connectivity index (χ4v) is 3.77. The molecule has 2 aliphatic rings. The van der Waals surface area contributed by atoms with Crippen molar-refractivity contribution in [2.75, 3.05) is 13.7 Å². The molecule has 1 fully saturated rings. The Morgan fingerprint density at radius 2 is 1.95 bits per heavy atom. The lowest BCUT2D eigenvalue weighted by Crippen LogP contribution is -2.45. The number of rotatable bonds is 3. The molecule has 1 N–H and O–H groups in total. The van der Waals surface area contributed by atoms with Crippen LogP contribution in [-0.4, -0.2) is 41.8 Å². The van der Waals surface area contributed by atoms with Gasteiger partial charge in [-0.2, -0.15) is 0 Å². The third-order valence-electron chi connectivity index (χ3n) is 5.01. The number of aliphatic carboxylic acids is 1. The van der Waals surface area contributed by atoms with Gasteiger partial charge in [0.25, 0.3) is 0 Å². The number of carbonyl (C=O) groups is 1. The number of carboxylic acids is 1. The van der Waals surface area contributed by atoms with Gasteiger partial charge in [-0.3, -0.25) is 9.69 Å². The Morgan fingerprint density at radius 1 is 1.24 bits per heavy atom. The molecule has 1 heterocycles. The SMILES string of the molecule is COC1CCC(N2Cc3ccccc3C(C(=O)O)C2)CC1. The minimum atomic E-state index is -0.710. The molecule has 114 valence electrons. The van der Waals surface area contributed by atoms with Crippen molar-refractivity contribution in [3.63, 3.8) is 0 Å². The Balaban J connectivity index is 1.76. The van der Waals surface area contributed by atoms with Crippen LogP contribution in [0, 0.1) is 0 Å². The van der Waals surface area contributed by atoms with Crippen molar-refractivity contribution < 1.29 is 14.6 Å². The summed E-state index contributed by atoms with van der Waals surface area (Å²) in [4.78, 5) is 14.0. The predicted octanol–water partition coefficient (Wildman–Crippen LogP) is 2.63. The second kappa shape index (κ2) is 6.16. The number of hydrogen-bond acceptors (Lipinski definition) is 3. The number of methoxy groups -OCH3 is 1. The van der Waals surface area contributed by atoms with Gasteiger partial charge in [0.15, 0.2) is 0 Å². The maximum atomic E-state index is 11.6. The Morgan fingerprint density at radius 3 is 2.62 bits per heavy atom. The fourth-order valence-electron chi connectivity index (χ4n) is 3.77. The van der Waals surface area contributed by atoms with Gasteiger partial charge in [0.1, 0.15) is 0 Å². The zero-order valence-electron chi connectivity index (χ0n) is 12.5. The summed E-state index contributed by atoms with van der Waals surface area (Å²) in [5.74, 6) is -1.10. The first-order chi connectivity index (χ1) is 10.2. The quantitative estimate of drug-likeness (QED) is 0.929. The van der Waals surface area contributed by atoms with Crippen LogP contribution in [0.1, 0.15) is 42.7 Å². The highest BCUT2D eigenvalue weighted by Gasteiger charge is 2.34.